The number of rotatable bonds is 5. The minimum atomic E-state index is -0.0116. The molecule has 0 radical (unpaired) electrons. The van der Waals surface area contributed by atoms with Crippen molar-refractivity contribution in [2.45, 2.75) is 56.5 Å². The van der Waals surface area contributed by atoms with Crippen LogP contribution < -0.4 is 10.3 Å². The normalized spacial score (nSPS) is 18.0. The predicted molar refractivity (Wildman–Crippen MR) is 102 cm³/mol. The molecular formula is C19H24N4O2S. The van der Waals surface area contributed by atoms with E-state index in [2.05, 4.69) is 25.9 Å². The zero-order chi connectivity index (χ0) is 17.9. The molecule has 0 atom stereocenters. The summed E-state index contributed by atoms with van der Waals surface area (Å²) in [5.41, 5.74) is 2.86. The molecule has 1 N–H and O–H groups in total. The number of hydrogen-bond donors (Lipinski definition) is 1. The number of pyridine rings is 1. The first-order valence-electron chi connectivity index (χ1n) is 9.21. The number of nitrogens with one attached hydrogen (secondary N) is 1. The number of ether oxygens (including phenoxy) is 1. The molecular weight excluding hydrogens is 348 g/mol. The van der Waals surface area contributed by atoms with Crippen LogP contribution in [0.4, 0.5) is 0 Å². The first-order valence-corrected chi connectivity index (χ1v) is 10.4. The second kappa shape index (κ2) is 7.80. The molecule has 138 valence electrons. The average Bonchev–Trinajstić information content (AvgIpc) is 3.17. The third kappa shape index (κ3) is 3.94. The summed E-state index contributed by atoms with van der Waals surface area (Å²) < 4.78 is 5.92. The predicted octanol–water partition coefficient (Wildman–Crippen LogP) is 2.77. The van der Waals surface area contributed by atoms with Crippen molar-refractivity contribution in [3.63, 3.8) is 0 Å². The van der Waals surface area contributed by atoms with Gasteiger partial charge in [-0.3, -0.25) is 9.69 Å². The van der Waals surface area contributed by atoms with E-state index in [4.69, 9.17) is 4.74 Å². The van der Waals surface area contributed by atoms with Crippen molar-refractivity contribution in [1.82, 2.24) is 19.9 Å². The van der Waals surface area contributed by atoms with Crippen LogP contribution in [0.25, 0.3) is 0 Å². The highest BCUT2D eigenvalue weighted by Crippen LogP contribution is 2.23. The molecule has 0 unspecified atom stereocenters. The number of aromatic amines is 1. The van der Waals surface area contributed by atoms with Crippen molar-refractivity contribution in [2.75, 3.05) is 12.8 Å². The van der Waals surface area contributed by atoms with Gasteiger partial charge in [-0.1, -0.05) is 17.8 Å². The Morgan fingerprint density at radius 1 is 1.35 bits per heavy atom. The highest BCUT2D eigenvalue weighted by molar-refractivity contribution is 7.98. The van der Waals surface area contributed by atoms with Crippen LogP contribution in [0.2, 0.25) is 0 Å². The van der Waals surface area contributed by atoms with Crippen LogP contribution in [0.1, 0.15) is 42.5 Å². The number of fused-ring (bicyclic) bond motifs is 1. The Balaban J connectivity index is 1.39. The molecule has 4 rings (SSSR count). The van der Waals surface area contributed by atoms with E-state index < -0.39 is 0 Å². The molecule has 0 amide bonds. The fourth-order valence-corrected chi connectivity index (χ4v) is 4.10. The Hall–Kier alpha value is -1.86. The summed E-state index contributed by atoms with van der Waals surface area (Å²) in [7, 11) is 0. The van der Waals surface area contributed by atoms with Crippen molar-refractivity contribution < 1.29 is 4.74 Å². The van der Waals surface area contributed by atoms with Crippen molar-refractivity contribution in [3.8, 4) is 5.88 Å². The molecule has 1 saturated carbocycles. The van der Waals surface area contributed by atoms with Crippen LogP contribution in [0, 0.1) is 0 Å². The summed E-state index contributed by atoms with van der Waals surface area (Å²) in [6, 6.07) is 4.04. The van der Waals surface area contributed by atoms with Crippen LogP contribution in [0.15, 0.2) is 28.3 Å². The molecule has 0 aromatic carbocycles. The van der Waals surface area contributed by atoms with Gasteiger partial charge in [-0.25, -0.2) is 9.97 Å². The molecule has 1 aliphatic heterocycles. The fourth-order valence-electron chi connectivity index (χ4n) is 3.70. The van der Waals surface area contributed by atoms with Crippen molar-refractivity contribution in [2.24, 2.45) is 0 Å². The smallest absolute Gasteiger partial charge is 0.256 e. The van der Waals surface area contributed by atoms with E-state index >= 15 is 0 Å². The highest BCUT2D eigenvalue weighted by atomic mass is 32.2. The van der Waals surface area contributed by atoms with Gasteiger partial charge in [0.05, 0.1) is 11.3 Å². The topological polar surface area (TPSA) is 71.1 Å². The second-order valence-corrected chi connectivity index (χ2v) is 7.79. The van der Waals surface area contributed by atoms with E-state index in [-0.39, 0.29) is 5.56 Å². The fraction of sp³-hybridized carbons (Fsp3) is 0.526. The van der Waals surface area contributed by atoms with Gasteiger partial charge in [-0.05, 0) is 37.5 Å². The number of aromatic nitrogens is 3. The van der Waals surface area contributed by atoms with Crippen molar-refractivity contribution in [3.05, 3.63) is 45.5 Å². The molecule has 3 heterocycles. The summed E-state index contributed by atoms with van der Waals surface area (Å²) in [6.07, 6.45) is 9.73. The van der Waals surface area contributed by atoms with Gasteiger partial charge in [0.1, 0.15) is 6.10 Å². The van der Waals surface area contributed by atoms with Gasteiger partial charge in [0.15, 0.2) is 5.16 Å². The highest BCUT2D eigenvalue weighted by Gasteiger charge is 2.21. The van der Waals surface area contributed by atoms with Gasteiger partial charge in [-0.2, -0.15) is 0 Å². The maximum absolute atomic E-state index is 12.3. The molecule has 2 aliphatic rings. The Morgan fingerprint density at radius 3 is 2.92 bits per heavy atom. The molecule has 7 heteroatoms. The lowest BCUT2D eigenvalue weighted by Crippen LogP contribution is -2.35. The zero-order valence-electron chi connectivity index (χ0n) is 15.0. The molecule has 2 aromatic heterocycles. The molecule has 1 fully saturated rings. The van der Waals surface area contributed by atoms with Gasteiger partial charge < -0.3 is 9.72 Å². The maximum atomic E-state index is 12.3. The summed E-state index contributed by atoms with van der Waals surface area (Å²) in [5, 5.41) is 0.698. The third-order valence-electron chi connectivity index (χ3n) is 5.11. The third-order valence-corrected chi connectivity index (χ3v) is 5.69. The minimum absolute atomic E-state index is 0.0116. The first kappa shape index (κ1) is 17.5. The lowest BCUT2D eigenvalue weighted by atomic mass is 10.1. The van der Waals surface area contributed by atoms with Gasteiger partial charge >= 0.3 is 0 Å². The van der Waals surface area contributed by atoms with Crippen LogP contribution in [-0.2, 0) is 19.5 Å². The summed E-state index contributed by atoms with van der Waals surface area (Å²) in [6.45, 7) is 2.31. The van der Waals surface area contributed by atoms with E-state index in [1.807, 2.05) is 18.5 Å². The first-order chi connectivity index (χ1) is 12.7. The van der Waals surface area contributed by atoms with Gasteiger partial charge in [0, 0.05) is 38.3 Å². The Morgan fingerprint density at radius 2 is 2.19 bits per heavy atom. The number of H-pyrrole nitrogens is 1. The van der Waals surface area contributed by atoms with Crippen LogP contribution in [0.3, 0.4) is 0 Å². The summed E-state index contributed by atoms with van der Waals surface area (Å²) >= 11 is 1.47. The average molecular weight is 372 g/mol. The lowest BCUT2D eigenvalue weighted by Gasteiger charge is -2.27. The SMILES string of the molecule is CSc1nc2c(c(=O)[nH]1)CN(Cc1ccc(OC3CCCC3)nc1)CC2. The van der Waals surface area contributed by atoms with Crippen LogP contribution in [-0.4, -0.2) is 38.8 Å². The Kier molecular flexibility index (Phi) is 5.26. The Labute approximate surface area is 157 Å². The van der Waals surface area contributed by atoms with E-state index in [1.165, 1.54) is 24.6 Å². The van der Waals surface area contributed by atoms with E-state index in [0.29, 0.717) is 17.8 Å². The minimum Gasteiger partial charge on any atom is -0.474 e. The zero-order valence-corrected chi connectivity index (χ0v) is 15.8. The molecule has 0 bridgehead atoms. The maximum Gasteiger partial charge on any atom is 0.256 e. The van der Waals surface area contributed by atoms with E-state index in [1.54, 1.807) is 0 Å². The van der Waals surface area contributed by atoms with Crippen LogP contribution in [0.5, 0.6) is 5.88 Å². The van der Waals surface area contributed by atoms with Crippen molar-refractivity contribution >= 4 is 11.8 Å². The van der Waals surface area contributed by atoms with Crippen molar-refractivity contribution in [1.29, 1.82) is 0 Å². The van der Waals surface area contributed by atoms with Gasteiger partial charge in [0.2, 0.25) is 5.88 Å². The largest absolute Gasteiger partial charge is 0.474 e. The summed E-state index contributed by atoms with van der Waals surface area (Å²) in [5.74, 6) is 0.717. The van der Waals surface area contributed by atoms with Crippen LogP contribution >= 0.6 is 11.8 Å². The molecule has 0 spiro atoms. The van der Waals surface area contributed by atoms with E-state index in [9.17, 15) is 4.79 Å². The van der Waals surface area contributed by atoms with E-state index in [0.717, 1.165) is 55.1 Å². The molecule has 6 nitrogen and oxygen atoms in total. The van der Waals surface area contributed by atoms with Gasteiger partial charge in [-0.15, -0.1) is 0 Å². The Bertz CT molecular complexity index is 815. The number of thioether (sulfide) groups is 1. The standard InChI is InChI=1S/C19H24N4O2S/c1-26-19-21-16-8-9-23(12-15(16)18(24)22-19)11-13-6-7-17(20-10-13)25-14-4-2-3-5-14/h6-7,10,14H,2-5,8-9,11-12H2,1H3,(H,21,22,24). The second-order valence-electron chi connectivity index (χ2n) is 6.99. The molecule has 26 heavy (non-hydrogen) atoms. The molecule has 2 aromatic rings. The monoisotopic (exact) mass is 372 g/mol. The summed E-state index contributed by atoms with van der Waals surface area (Å²) in [4.78, 5) is 26.4. The number of nitrogens with zero attached hydrogens (tertiary/aromatic N) is 3. The quantitative estimate of drug-likeness (QED) is 0.643. The number of hydrogen-bond acceptors (Lipinski definition) is 6. The molecule has 0 saturated heterocycles. The van der Waals surface area contributed by atoms with Gasteiger partial charge in [0.25, 0.3) is 5.56 Å². The lowest BCUT2D eigenvalue weighted by molar-refractivity contribution is 0.201. The molecule has 1 aliphatic carbocycles.